The molecule has 11 heteroatoms. The van der Waals surface area contributed by atoms with Crippen LogP contribution in [-0.4, -0.2) is 31.4 Å². The number of anilines is 2. The molecule has 0 spiro atoms. The van der Waals surface area contributed by atoms with Gasteiger partial charge in [-0.05, 0) is 80.1 Å². The number of nitrogens with one attached hydrogen (secondary N) is 3. The Morgan fingerprint density at radius 1 is 0.814 bits per heavy atom. The predicted molar refractivity (Wildman–Crippen MR) is 170 cm³/mol. The molecule has 0 heterocycles. The summed E-state index contributed by atoms with van der Waals surface area (Å²) in [7, 11) is -3.83. The number of hydrogen-bond acceptors (Lipinski definition) is 6. The number of aryl methyl sites for hydroxylation is 1. The molecule has 0 aromatic heterocycles. The van der Waals surface area contributed by atoms with Gasteiger partial charge in [-0.1, -0.05) is 54.1 Å². The van der Waals surface area contributed by atoms with Crippen molar-refractivity contribution in [2.45, 2.75) is 28.9 Å². The number of carbonyl (C=O) groups excluding carboxylic acids is 3. The maximum atomic E-state index is 13.4. The molecule has 9 nitrogen and oxygen atoms in total. The molecule has 220 valence electrons. The third kappa shape index (κ3) is 9.14. The minimum Gasteiger partial charge on any atom is -0.325 e. The summed E-state index contributed by atoms with van der Waals surface area (Å²) in [5.74, 6) is -1.23. The summed E-state index contributed by atoms with van der Waals surface area (Å²) in [6.45, 7) is 3.67. The van der Waals surface area contributed by atoms with E-state index in [9.17, 15) is 22.8 Å². The zero-order valence-corrected chi connectivity index (χ0v) is 25.0. The number of primary sulfonamides is 1. The first kappa shape index (κ1) is 31.2. The third-order valence-electron chi connectivity index (χ3n) is 6.11. The first-order valence-electron chi connectivity index (χ1n) is 13.1. The maximum absolute atomic E-state index is 13.4. The van der Waals surface area contributed by atoms with E-state index in [2.05, 4.69) is 16.0 Å². The van der Waals surface area contributed by atoms with Crippen LogP contribution in [0, 0.1) is 6.92 Å². The molecule has 0 saturated carbocycles. The van der Waals surface area contributed by atoms with Crippen LogP contribution in [0.4, 0.5) is 11.4 Å². The van der Waals surface area contributed by atoms with E-state index in [1.807, 2.05) is 37.3 Å². The maximum Gasteiger partial charge on any atom is 0.272 e. The smallest absolute Gasteiger partial charge is 0.272 e. The number of thioether (sulfide) groups is 1. The van der Waals surface area contributed by atoms with Crippen LogP contribution in [0.5, 0.6) is 0 Å². The lowest BCUT2D eigenvalue weighted by molar-refractivity contribution is -0.115. The van der Waals surface area contributed by atoms with Gasteiger partial charge in [0.1, 0.15) is 5.70 Å². The number of rotatable bonds is 10. The van der Waals surface area contributed by atoms with Crippen molar-refractivity contribution in [2.75, 3.05) is 10.6 Å². The Labute approximate surface area is 254 Å². The Bertz CT molecular complexity index is 1770. The van der Waals surface area contributed by atoms with E-state index >= 15 is 0 Å². The van der Waals surface area contributed by atoms with E-state index in [0.717, 1.165) is 16.0 Å². The summed E-state index contributed by atoms with van der Waals surface area (Å²) in [5.41, 5.74) is 3.14. The molecule has 5 N–H and O–H groups in total. The highest BCUT2D eigenvalue weighted by Gasteiger charge is 2.18. The van der Waals surface area contributed by atoms with Crippen LogP contribution in [0.1, 0.15) is 28.4 Å². The van der Waals surface area contributed by atoms with Crippen LogP contribution >= 0.6 is 11.8 Å². The molecule has 0 radical (unpaired) electrons. The second-order valence-corrected chi connectivity index (χ2v) is 12.6. The fourth-order valence-corrected chi connectivity index (χ4v) is 5.39. The van der Waals surface area contributed by atoms with Crippen LogP contribution < -0.4 is 21.1 Å². The lowest BCUT2D eigenvalue weighted by atomic mass is 10.1. The van der Waals surface area contributed by atoms with Crippen LogP contribution in [0.3, 0.4) is 0 Å². The van der Waals surface area contributed by atoms with Gasteiger partial charge in [-0.15, -0.1) is 11.8 Å². The topological polar surface area (TPSA) is 147 Å². The molecule has 43 heavy (non-hydrogen) atoms. The monoisotopic (exact) mass is 614 g/mol. The average Bonchev–Trinajstić information content (AvgIpc) is 2.97. The second-order valence-electron chi connectivity index (χ2n) is 9.59. The zero-order valence-electron chi connectivity index (χ0n) is 23.4. The molecule has 4 rings (SSSR count). The fourth-order valence-electron chi connectivity index (χ4n) is 3.94. The summed E-state index contributed by atoms with van der Waals surface area (Å²) in [5, 5.41) is 12.9. The van der Waals surface area contributed by atoms with Gasteiger partial charge in [-0.2, -0.15) is 0 Å². The van der Waals surface area contributed by atoms with Crippen molar-refractivity contribution in [1.82, 2.24) is 5.32 Å². The van der Waals surface area contributed by atoms with Crippen molar-refractivity contribution in [1.29, 1.82) is 0 Å². The Morgan fingerprint density at radius 2 is 1.51 bits per heavy atom. The molecule has 4 aromatic carbocycles. The van der Waals surface area contributed by atoms with E-state index < -0.39 is 27.1 Å². The third-order valence-corrected chi connectivity index (χ3v) is 8.13. The highest BCUT2D eigenvalue weighted by molar-refractivity contribution is 8.00. The number of carbonyl (C=O) groups is 3. The predicted octanol–water partition coefficient (Wildman–Crippen LogP) is 5.17. The average molecular weight is 615 g/mol. The molecule has 3 amide bonds. The number of benzene rings is 4. The van der Waals surface area contributed by atoms with E-state index in [1.165, 1.54) is 36.0 Å². The highest BCUT2D eigenvalue weighted by Crippen LogP contribution is 2.27. The van der Waals surface area contributed by atoms with Gasteiger partial charge in [0.25, 0.3) is 11.8 Å². The lowest BCUT2D eigenvalue weighted by Gasteiger charge is -2.14. The number of amides is 3. The summed E-state index contributed by atoms with van der Waals surface area (Å²) in [4.78, 5) is 39.7. The number of nitrogens with two attached hydrogens (primary N) is 1. The molecule has 4 aromatic rings. The van der Waals surface area contributed by atoms with Crippen molar-refractivity contribution >= 4 is 57.0 Å². The van der Waals surface area contributed by atoms with Crippen molar-refractivity contribution in [3.05, 3.63) is 126 Å². The van der Waals surface area contributed by atoms with Gasteiger partial charge in [-0.3, -0.25) is 14.4 Å². The Kier molecular flexibility index (Phi) is 10.1. The molecule has 0 aliphatic heterocycles. The van der Waals surface area contributed by atoms with Gasteiger partial charge in [0.15, 0.2) is 0 Å². The van der Waals surface area contributed by atoms with E-state index in [0.29, 0.717) is 16.9 Å². The molecule has 0 aliphatic carbocycles. The van der Waals surface area contributed by atoms with Crippen LogP contribution in [0.15, 0.2) is 119 Å². The summed E-state index contributed by atoms with van der Waals surface area (Å²) < 4.78 is 22.9. The summed E-state index contributed by atoms with van der Waals surface area (Å²) in [6, 6.07) is 28.7. The van der Waals surface area contributed by atoms with Gasteiger partial charge in [0.2, 0.25) is 15.9 Å². The molecule has 1 unspecified atom stereocenters. The SMILES string of the molecule is Cc1cccc(/C=C(/NC(=O)c2ccccc2)C(=O)Nc2cccc(SC(C)C(=O)Nc3ccc(S(N)(=O)=O)cc3)c2)c1. The quantitative estimate of drug-likeness (QED) is 0.143. The fraction of sp³-hybridized carbons (Fsp3) is 0.0938. The molecule has 0 aliphatic rings. The Balaban J connectivity index is 1.46. The zero-order chi connectivity index (χ0) is 31.0. The number of hydrogen-bond donors (Lipinski definition) is 4. The van der Waals surface area contributed by atoms with Crippen LogP contribution in [0.2, 0.25) is 0 Å². The molecular weight excluding hydrogens is 585 g/mol. The van der Waals surface area contributed by atoms with Crippen LogP contribution in [0.25, 0.3) is 6.08 Å². The van der Waals surface area contributed by atoms with Crippen molar-refractivity contribution in [3.8, 4) is 0 Å². The van der Waals surface area contributed by atoms with Gasteiger partial charge >= 0.3 is 0 Å². The standard InChI is InChI=1S/C32H30N4O5S2/c1-21-8-6-9-23(18-21)19-29(36-31(38)24-10-4-3-5-11-24)32(39)35-26-12-7-13-27(20-26)42-22(2)30(37)34-25-14-16-28(17-15-25)43(33,40)41/h3-20,22H,1-2H3,(H,34,37)(H,35,39)(H,36,38)(H2,33,40,41)/b29-19+. The molecule has 1 atom stereocenters. The minimum atomic E-state index is -3.83. The molecular formula is C32H30N4O5S2. The van der Waals surface area contributed by atoms with Gasteiger partial charge in [0, 0.05) is 21.8 Å². The second kappa shape index (κ2) is 14.0. The number of sulfonamides is 1. The van der Waals surface area contributed by atoms with Crippen molar-refractivity contribution in [3.63, 3.8) is 0 Å². The van der Waals surface area contributed by atoms with Crippen LogP contribution in [-0.2, 0) is 19.6 Å². The van der Waals surface area contributed by atoms with E-state index in [1.54, 1.807) is 61.5 Å². The molecule has 0 fully saturated rings. The summed E-state index contributed by atoms with van der Waals surface area (Å²) >= 11 is 1.28. The first-order chi connectivity index (χ1) is 20.5. The first-order valence-corrected chi connectivity index (χ1v) is 15.6. The Morgan fingerprint density at radius 3 is 2.19 bits per heavy atom. The minimum absolute atomic E-state index is 0.0525. The largest absolute Gasteiger partial charge is 0.325 e. The summed E-state index contributed by atoms with van der Waals surface area (Å²) in [6.07, 6.45) is 1.61. The van der Waals surface area contributed by atoms with Gasteiger partial charge in [0.05, 0.1) is 10.1 Å². The highest BCUT2D eigenvalue weighted by atomic mass is 32.2. The molecule has 0 saturated heterocycles. The Hall–Kier alpha value is -4.71. The molecule has 0 bridgehead atoms. The normalized spacial score (nSPS) is 12.2. The van der Waals surface area contributed by atoms with Crippen molar-refractivity contribution in [2.24, 2.45) is 5.14 Å². The van der Waals surface area contributed by atoms with Gasteiger partial charge < -0.3 is 16.0 Å². The lowest BCUT2D eigenvalue weighted by Crippen LogP contribution is -2.30. The van der Waals surface area contributed by atoms with E-state index in [4.69, 9.17) is 5.14 Å². The van der Waals surface area contributed by atoms with E-state index in [-0.39, 0.29) is 16.5 Å². The van der Waals surface area contributed by atoms with Crippen molar-refractivity contribution < 1.29 is 22.8 Å². The van der Waals surface area contributed by atoms with Gasteiger partial charge in [-0.25, -0.2) is 13.6 Å².